The second kappa shape index (κ2) is 10.3. The normalized spacial score (nSPS) is 17.4. The standard InChI is InChI=1S/C19H28N2O3S/c1-24-17-7-4-15(5-8-17)10-12-21-14-16(6-9-18(21)22)19(23)20-11-3-13-25-2/h4-5,7-8,16H,3,6,9-14H2,1-2H3,(H,20,23). The highest BCUT2D eigenvalue weighted by molar-refractivity contribution is 7.98. The van der Waals surface area contributed by atoms with Crippen LogP contribution in [-0.4, -0.2) is 55.5 Å². The molecule has 25 heavy (non-hydrogen) atoms. The zero-order valence-electron chi connectivity index (χ0n) is 15.1. The van der Waals surface area contributed by atoms with E-state index in [9.17, 15) is 9.59 Å². The minimum Gasteiger partial charge on any atom is -0.497 e. The summed E-state index contributed by atoms with van der Waals surface area (Å²) in [5.74, 6) is 2.04. The van der Waals surface area contributed by atoms with Gasteiger partial charge in [0.25, 0.3) is 0 Å². The van der Waals surface area contributed by atoms with E-state index in [1.165, 1.54) is 0 Å². The fourth-order valence-corrected chi connectivity index (χ4v) is 3.41. The van der Waals surface area contributed by atoms with Gasteiger partial charge in [-0.15, -0.1) is 0 Å². The van der Waals surface area contributed by atoms with Gasteiger partial charge in [-0.3, -0.25) is 9.59 Å². The number of ether oxygens (including phenoxy) is 1. The molecule has 1 aromatic rings. The van der Waals surface area contributed by atoms with Gasteiger partial charge in [-0.25, -0.2) is 0 Å². The maximum Gasteiger partial charge on any atom is 0.224 e. The average molecular weight is 365 g/mol. The van der Waals surface area contributed by atoms with Crippen LogP contribution in [0.2, 0.25) is 0 Å². The molecule has 5 nitrogen and oxygen atoms in total. The molecule has 1 unspecified atom stereocenters. The minimum absolute atomic E-state index is 0.0807. The second-order valence-corrected chi connectivity index (χ2v) is 7.30. The van der Waals surface area contributed by atoms with Crippen LogP contribution in [0.4, 0.5) is 0 Å². The van der Waals surface area contributed by atoms with E-state index in [1.807, 2.05) is 29.2 Å². The minimum atomic E-state index is -0.0807. The van der Waals surface area contributed by atoms with E-state index in [1.54, 1.807) is 18.9 Å². The van der Waals surface area contributed by atoms with Gasteiger partial charge < -0.3 is 15.0 Å². The molecule has 0 spiro atoms. The number of carbonyl (C=O) groups is 2. The molecule has 138 valence electrons. The molecule has 1 heterocycles. The summed E-state index contributed by atoms with van der Waals surface area (Å²) in [6, 6.07) is 7.89. The third-order valence-electron chi connectivity index (χ3n) is 4.52. The zero-order valence-corrected chi connectivity index (χ0v) is 15.9. The van der Waals surface area contributed by atoms with Crippen LogP contribution in [0.1, 0.15) is 24.8 Å². The molecule has 1 aromatic carbocycles. The summed E-state index contributed by atoms with van der Waals surface area (Å²) >= 11 is 1.78. The number of methoxy groups -OCH3 is 1. The van der Waals surface area contributed by atoms with E-state index in [0.717, 1.165) is 36.5 Å². The van der Waals surface area contributed by atoms with Crippen molar-refractivity contribution in [3.05, 3.63) is 29.8 Å². The number of piperidine rings is 1. The van der Waals surface area contributed by atoms with Crippen molar-refractivity contribution in [1.82, 2.24) is 10.2 Å². The van der Waals surface area contributed by atoms with Crippen molar-refractivity contribution in [2.75, 3.05) is 38.8 Å². The summed E-state index contributed by atoms with van der Waals surface area (Å²) in [6.45, 7) is 1.90. The number of nitrogens with one attached hydrogen (secondary N) is 1. The number of carbonyl (C=O) groups excluding carboxylic acids is 2. The Morgan fingerprint density at radius 3 is 2.80 bits per heavy atom. The van der Waals surface area contributed by atoms with Crippen molar-refractivity contribution in [3.63, 3.8) is 0 Å². The molecule has 0 bridgehead atoms. The fraction of sp³-hybridized carbons (Fsp3) is 0.579. The SMILES string of the molecule is COc1ccc(CCN2CC(C(=O)NCCCSC)CCC2=O)cc1. The Kier molecular flexibility index (Phi) is 8.12. The molecule has 1 atom stereocenters. The molecule has 0 radical (unpaired) electrons. The van der Waals surface area contributed by atoms with Crippen LogP contribution in [0.5, 0.6) is 5.75 Å². The van der Waals surface area contributed by atoms with Crippen LogP contribution in [0.3, 0.4) is 0 Å². The lowest BCUT2D eigenvalue weighted by Gasteiger charge is -2.32. The molecular weight excluding hydrogens is 336 g/mol. The van der Waals surface area contributed by atoms with Crippen LogP contribution in [0.25, 0.3) is 0 Å². The van der Waals surface area contributed by atoms with Crippen LogP contribution < -0.4 is 10.1 Å². The quantitative estimate of drug-likeness (QED) is 0.684. The van der Waals surface area contributed by atoms with Crippen LogP contribution in [0.15, 0.2) is 24.3 Å². The van der Waals surface area contributed by atoms with Gasteiger partial charge in [0.1, 0.15) is 5.75 Å². The molecule has 0 saturated carbocycles. The molecule has 6 heteroatoms. The summed E-state index contributed by atoms with van der Waals surface area (Å²) in [4.78, 5) is 26.3. The molecule has 2 rings (SSSR count). The van der Waals surface area contributed by atoms with Gasteiger partial charge in [0, 0.05) is 26.1 Å². The van der Waals surface area contributed by atoms with Gasteiger partial charge in [-0.05, 0) is 49.0 Å². The molecule has 1 fully saturated rings. The highest BCUT2D eigenvalue weighted by Crippen LogP contribution is 2.19. The van der Waals surface area contributed by atoms with Crippen LogP contribution in [0, 0.1) is 5.92 Å². The third-order valence-corrected chi connectivity index (χ3v) is 5.22. The molecule has 1 aliphatic rings. The predicted octanol–water partition coefficient (Wildman–Crippen LogP) is 2.35. The van der Waals surface area contributed by atoms with Crippen LogP contribution in [-0.2, 0) is 16.0 Å². The van der Waals surface area contributed by atoms with Gasteiger partial charge in [0.05, 0.1) is 13.0 Å². The molecule has 2 amide bonds. The number of amides is 2. The van der Waals surface area contributed by atoms with Crippen molar-refractivity contribution in [1.29, 1.82) is 0 Å². The van der Waals surface area contributed by atoms with Crippen molar-refractivity contribution >= 4 is 23.6 Å². The number of benzene rings is 1. The summed E-state index contributed by atoms with van der Waals surface area (Å²) in [5, 5.41) is 3.00. The lowest BCUT2D eigenvalue weighted by molar-refractivity contribution is -0.138. The van der Waals surface area contributed by atoms with Gasteiger partial charge in [0.15, 0.2) is 0 Å². The first kappa shape index (κ1) is 19.6. The molecule has 0 aromatic heterocycles. The topological polar surface area (TPSA) is 58.6 Å². The maximum atomic E-state index is 12.3. The van der Waals surface area contributed by atoms with Gasteiger partial charge in [-0.1, -0.05) is 12.1 Å². The highest BCUT2D eigenvalue weighted by Gasteiger charge is 2.29. The third kappa shape index (κ3) is 6.27. The Morgan fingerprint density at radius 1 is 1.36 bits per heavy atom. The number of likely N-dealkylation sites (tertiary alicyclic amines) is 1. The summed E-state index contributed by atoms with van der Waals surface area (Å²) < 4.78 is 5.16. The molecule has 1 aliphatic heterocycles. The molecule has 1 saturated heterocycles. The van der Waals surface area contributed by atoms with E-state index in [4.69, 9.17) is 4.74 Å². The largest absolute Gasteiger partial charge is 0.497 e. The highest BCUT2D eigenvalue weighted by atomic mass is 32.2. The number of hydrogen-bond donors (Lipinski definition) is 1. The van der Waals surface area contributed by atoms with Gasteiger partial charge in [-0.2, -0.15) is 11.8 Å². The van der Waals surface area contributed by atoms with Gasteiger partial charge in [0.2, 0.25) is 11.8 Å². The second-order valence-electron chi connectivity index (χ2n) is 6.31. The lowest BCUT2D eigenvalue weighted by Crippen LogP contribution is -2.46. The number of rotatable bonds is 9. The fourth-order valence-electron chi connectivity index (χ4n) is 2.97. The van der Waals surface area contributed by atoms with E-state index in [2.05, 4.69) is 11.6 Å². The van der Waals surface area contributed by atoms with Crippen molar-refractivity contribution in [2.24, 2.45) is 5.92 Å². The molecule has 0 aliphatic carbocycles. The van der Waals surface area contributed by atoms with E-state index >= 15 is 0 Å². The van der Waals surface area contributed by atoms with Crippen molar-refractivity contribution in [2.45, 2.75) is 25.7 Å². The summed E-state index contributed by atoms with van der Waals surface area (Å²) in [5.41, 5.74) is 1.16. The number of thioether (sulfide) groups is 1. The monoisotopic (exact) mass is 364 g/mol. The van der Waals surface area contributed by atoms with Crippen molar-refractivity contribution < 1.29 is 14.3 Å². The Morgan fingerprint density at radius 2 is 2.12 bits per heavy atom. The first-order valence-electron chi connectivity index (χ1n) is 8.81. The van der Waals surface area contributed by atoms with E-state index in [-0.39, 0.29) is 17.7 Å². The molecule has 1 N–H and O–H groups in total. The maximum absolute atomic E-state index is 12.3. The average Bonchev–Trinajstić information content (AvgIpc) is 2.65. The lowest BCUT2D eigenvalue weighted by atomic mass is 9.96. The van der Waals surface area contributed by atoms with Crippen molar-refractivity contribution in [3.8, 4) is 5.75 Å². The van der Waals surface area contributed by atoms with Gasteiger partial charge >= 0.3 is 0 Å². The first-order chi connectivity index (χ1) is 12.1. The zero-order chi connectivity index (χ0) is 18.1. The Bertz CT molecular complexity index is 562. The Hall–Kier alpha value is -1.69. The number of hydrogen-bond acceptors (Lipinski definition) is 4. The van der Waals surface area contributed by atoms with E-state index < -0.39 is 0 Å². The smallest absolute Gasteiger partial charge is 0.224 e. The summed E-state index contributed by atoms with van der Waals surface area (Å²) in [6.07, 6.45) is 4.96. The van der Waals surface area contributed by atoms with Crippen LogP contribution >= 0.6 is 11.8 Å². The predicted molar refractivity (Wildman–Crippen MR) is 102 cm³/mol. The first-order valence-corrected chi connectivity index (χ1v) is 10.2. The number of nitrogens with zero attached hydrogens (tertiary/aromatic N) is 1. The Balaban J connectivity index is 1.80. The van der Waals surface area contributed by atoms with E-state index in [0.29, 0.717) is 25.9 Å². The molecular formula is C19H28N2O3S. The Labute approximate surface area is 154 Å². The summed E-state index contributed by atoms with van der Waals surface area (Å²) in [7, 11) is 1.65.